The third-order valence-electron chi connectivity index (χ3n) is 4.03. The fraction of sp³-hybridized carbons (Fsp3) is 0.533. The van der Waals surface area contributed by atoms with Gasteiger partial charge in [0.15, 0.2) is 0 Å². The number of nitrogens with zero attached hydrogens (tertiary/aromatic N) is 1. The maximum absolute atomic E-state index is 12.8. The lowest BCUT2D eigenvalue weighted by atomic mass is 9.67. The summed E-state index contributed by atoms with van der Waals surface area (Å²) in [5.41, 5.74) is 5.53. The van der Waals surface area contributed by atoms with E-state index in [0.29, 0.717) is 18.4 Å². The summed E-state index contributed by atoms with van der Waals surface area (Å²) in [5.74, 6) is -0.475. The number of nitrogens with two attached hydrogens (primary N) is 1. The van der Waals surface area contributed by atoms with E-state index in [1.54, 1.807) is 30.3 Å². The first-order chi connectivity index (χ1) is 9.86. The van der Waals surface area contributed by atoms with Crippen molar-refractivity contribution < 1.29 is 18.0 Å². The van der Waals surface area contributed by atoms with E-state index in [1.807, 2.05) is 0 Å². The molecule has 0 saturated heterocycles. The van der Waals surface area contributed by atoms with Gasteiger partial charge in [0.05, 0.1) is 5.41 Å². The average Bonchev–Trinajstić information content (AvgIpc) is 2.37. The van der Waals surface area contributed by atoms with Crippen LogP contribution in [0.25, 0.3) is 0 Å². The molecule has 0 aromatic heterocycles. The van der Waals surface area contributed by atoms with Crippen LogP contribution >= 0.6 is 0 Å². The molecule has 1 aromatic carbocycles. The zero-order valence-electron chi connectivity index (χ0n) is 11.7. The first kappa shape index (κ1) is 15.8. The molecule has 0 radical (unpaired) electrons. The molecule has 1 saturated carbocycles. The Hall–Kier alpha value is -1.56. The number of rotatable bonds is 5. The molecule has 1 aliphatic carbocycles. The lowest BCUT2D eigenvalue weighted by Crippen LogP contribution is -2.53. The maximum Gasteiger partial charge on any atom is 0.406 e. The van der Waals surface area contributed by atoms with Crippen molar-refractivity contribution >= 4 is 5.91 Å². The van der Waals surface area contributed by atoms with Gasteiger partial charge in [-0.1, -0.05) is 36.8 Å². The molecule has 1 fully saturated rings. The van der Waals surface area contributed by atoms with Gasteiger partial charge in [-0.2, -0.15) is 13.2 Å². The largest absolute Gasteiger partial charge is 0.406 e. The van der Waals surface area contributed by atoms with Crippen LogP contribution in [0.1, 0.15) is 24.8 Å². The molecule has 6 heteroatoms. The van der Waals surface area contributed by atoms with Gasteiger partial charge in [0.25, 0.3) is 0 Å². The minimum absolute atomic E-state index is 0.0407. The van der Waals surface area contributed by atoms with Gasteiger partial charge in [0, 0.05) is 13.1 Å². The summed E-state index contributed by atoms with van der Waals surface area (Å²) in [6, 6.07) is 8.70. The molecule has 2 N–H and O–H groups in total. The Balaban J connectivity index is 2.17. The van der Waals surface area contributed by atoms with E-state index in [0.717, 1.165) is 11.3 Å². The van der Waals surface area contributed by atoms with Crippen LogP contribution in [0.2, 0.25) is 0 Å². The van der Waals surface area contributed by atoms with E-state index in [-0.39, 0.29) is 13.1 Å². The molecule has 1 aromatic rings. The predicted octanol–water partition coefficient (Wildman–Crippen LogP) is 2.71. The van der Waals surface area contributed by atoms with Crippen LogP contribution in [0.5, 0.6) is 0 Å². The Labute approximate surface area is 121 Å². The Morgan fingerprint density at radius 1 is 1.24 bits per heavy atom. The van der Waals surface area contributed by atoms with Crippen molar-refractivity contribution in [3.63, 3.8) is 0 Å². The van der Waals surface area contributed by atoms with E-state index in [2.05, 4.69) is 0 Å². The number of carbonyl (C=O) groups excluding carboxylic acids is 1. The van der Waals surface area contributed by atoms with Crippen molar-refractivity contribution in [2.45, 2.75) is 32.0 Å². The molecule has 21 heavy (non-hydrogen) atoms. The lowest BCUT2D eigenvalue weighted by Gasteiger charge is -2.43. The van der Waals surface area contributed by atoms with Crippen LogP contribution in [0.15, 0.2) is 30.3 Å². The van der Waals surface area contributed by atoms with Gasteiger partial charge in [-0.25, -0.2) is 0 Å². The van der Waals surface area contributed by atoms with Gasteiger partial charge < -0.3 is 10.6 Å². The summed E-state index contributed by atoms with van der Waals surface area (Å²) in [7, 11) is 0. The minimum atomic E-state index is -4.41. The highest BCUT2D eigenvalue weighted by Crippen LogP contribution is 2.42. The summed E-state index contributed by atoms with van der Waals surface area (Å²) >= 11 is 0. The SMILES string of the molecule is NCC1(C(=O)N(Cc2ccccc2)CC(F)(F)F)CCC1. The van der Waals surface area contributed by atoms with Crippen molar-refractivity contribution in [3.8, 4) is 0 Å². The molecule has 116 valence electrons. The highest BCUT2D eigenvalue weighted by molar-refractivity contribution is 5.84. The highest BCUT2D eigenvalue weighted by atomic mass is 19.4. The van der Waals surface area contributed by atoms with Crippen LogP contribution in [-0.2, 0) is 11.3 Å². The van der Waals surface area contributed by atoms with Crippen molar-refractivity contribution in [2.24, 2.45) is 11.1 Å². The van der Waals surface area contributed by atoms with E-state index in [9.17, 15) is 18.0 Å². The summed E-state index contributed by atoms with van der Waals surface area (Å²) < 4.78 is 38.3. The minimum Gasteiger partial charge on any atom is -0.329 e. The van der Waals surface area contributed by atoms with Crippen molar-refractivity contribution in [3.05, 3.63) is 35.9 Å². The summed E-state index contributed by atoms with van der Waals surface area (Å²) in [6.45, 7) is -1.17. The molecule has 0 atom stereocenters. The molecule has 3 nitrogen and oxygen atoms in total. The molecular formula is C15H19F3N2O. The third kappa shape index (κ3) is 3.75. The number of alkyl halides is 3. The predicted molar refractivity (Wildman–Crippen MR) is 73.3 cm³/mol. The van der Waals surface area contributed by atoms with Crippen molar-refractivity contribution in [1.82, 2.24) is 4.90 Å². The molecule has 0 spiro atoms. The molecule has 0 heterocycles. The van der Waals surface area contributed by atoms with E-state index >= 15 is 0 Å². The number of hydrogen-bond acceptors (Lipinski definition) is 2. The van der Waals surface area contributed by atoms with Gasteiger partial charge in [-0.3, -0.25) is 4.79 Å². The monoisotopic (exact) mass is 300 g/mol. The molecule has 2 rings (SSSR count). The molecule has 0 unspecified atom stereocenters. The second-order valence-corrected chi connectivity index (χ2v) is 5.60. The topological polar surface area (TPSA) is 46.3 Å². The fourth-order valence-electron chi connectivity index (χ4n) is 2.66. The van der Waals surface area contributed by atoms with Gasteiger partial charge in [0.2, 0.25) is 5.91 Å². The summed E-state index contributed by atoms with van der Waals surface area (Å²) in [5, 5.41) is 0. The van der Waals surface area contributed by atoms with Gasteiger partial charge in [0.1, 0.15) is 6.54 Å². The second kappa shape index (κ2) is 6.05. The molecule has 1 amide bonds. The number of hydrogen-bond donors (Lipinski definition) is 1. The zero-order valence-corrected chi connectivity index (χ0v) is 11.7. The van der Waals surface area contributed by atoms with Gasteiger partial charge >= 0.3 is 6.18 Å². The smallest absolute Gasteiger partial charge is 0.329 e. The number of benzene rings is 1. The normalized spacial score (nSPS) is 17.1. The Morgan fingerprint density at radius 3 is 2.29 bits per heavy atom. The van der Waals surface area contributed by atoms with Crippen LogP contribution in [0, 0.1) is 5.41 Å². The summed E-state index contributed by atoms with van der Waals surface area (Å²) in [4.78, 5) is 13.4. The van der Waals surface area contributed by atoms with Crippen LogP contribution in [0.3, 0.4) is 0 Å². The first-order valence-corrected chi connectivity index (χ1v) is 6.96. The maximum atomic E-state index is 12.8. The summed E-state index contributed by atoms with van der Waals surface area (Å²) in [6.07, 6.45) is -2.42. The highest BCUT2D eigenvalue weighted by Gasteiger charge is 2.47. The zero-order chi connectivity index (χ0) is 15.5. The Bertz CT molecular complexity index is 478. The van der Waals surface area contributed by atoms with Crippen LogP contribution < -0.4 is 5.73 Å². The lowest BCUT2D eigenvalue weighted by molar-refractivity contribution is -0.172. The number of halogens is 3. The van der Waals surface area contributed by atoms with E-state index in [4.69, 9.17) is 5.73 Å². The van der Waals surface area contributed by atoms with E-state index in [1.165, 1.54) is 0 Å². The molecule has 1 aliphatic rings. The number of amides is 1. The first-order valence-electron chi connectivity index (χ1n) is 6.96. The quantitative estimate of drug-likeness (QED) is 0.909. The van der Waals surface area contributed by atoms with Crippen molar-refractivity contribution in [1.29, 1.82) is 0 Å². The molecule has 0 aliphatic heterocycles. The molecule has 0 bridgehead atoms. The van der Waals surface area contributed by atoms with Gasteiger partial charge in [-0.05, 0) is 18.4 Å². The third-order valence-corrected chi connectivity index (χ3v) is 4.03. The standard InChI is InChI=1S/C15H19F3N2O/c16-15(17,18)11-20(9-12-5-2-1-3-6-12)13(21)14(10-19)7-4-8-14/h1-3,5-6H,4,7-11,19H2. The Kier molecular flexibility index (Phi) is 4.56. The van der Waals surface area contributed by atoms with Gasteiger partial charge in [-0.15, -0.1) is 0 Å². The van der Waals surface area contributed by atoms with Crippen molar-refractivity contribution in [2.75, 3.05) is 13.1 Å². The number of carbonyl (C=O) groups is 1. The van der Waals surface area contributed by atoms with Crippen LogP contribution in [0.4, 0.5) is 13.2 Å². The fourth-order valence-corrected chi connectivity index (χ4v) is 2.66. The molecular weight excluding hydrogens is 281 g/mol. The second-order valence-electron chi connectivity index (χ2n) is 5.60. The van der Waals surface area contributed by atoms with Crippen LogP contribution in [-0.4, -0.2) is 30.1 Å². The average molecular weight is 300 g/mol. The Morgan fingerprint density at radius 2 is 1.86 bits per heavy atom. The van der Waals surface area contributed by atoms with E-state index < -0.39 is 24.0 Å².